The van der Waals surface area contributed by atoms with Crippen LogP contribution in [0, 0.1) is 16.6 Å². The average Bonchev–Trinajstić information content (AvgIpc) is 3.69. The van der Waals surface area contributed by atoms with E-state index in [2.05, 4.69) is 39.1 Å². The third kappa shape index (κ3) is 10.6. The third-order valence-electron chi connectivity index (χ3n) is 19.0. The molecule has 6 aliphatic heterocycles. The number of benzene rings is 3. The molecule has 8 heterocycles. The molecular formula is C63H76FN9O9. The molecule has 0 radical (unpaired) electrons. The molecular weight excluding hydrogens is 1050 g/mol. The normalized spacial score (nSPS) is 23.6. The van der Waals surface area contributed by atoms with Gasteiger partial charge in [-0.2, -0.15) is 9.97 Å². The number of piperidine rings is 3. The van der Waals surface area contributed by atoms with Crippen molar-refractivity contribution in [3.63, 3.8) is 0 Å². The fourth-order valence-corrected chi connectivity index (χ4v) is 14.5. The molecule has 8 aliphatic rings. The van der Waals surface area contributed by atoms with Crippen molar-refractivity contribution < 1.29 is 47.3 Å². The van der Waals surface area contributed by atoms with Crippen LogP contribution < -0.4 is 24.6 Å². The summed E-state index contributed by atoms with van der Waals surface area (Å²) in [4.78, 5) is 76.6. The number of imide groups is 1. The van der Waals surface area contributed by atoms with Gasteiger partial charge in [0.1, 0.15) is 34.4 Å². The SMILES string of the molecule is CCc1cccc2cc(OCOC)cc(-c3ncc4c(N5CC6CCC(C5)N6C(=O)OC(C)(C)C)nc(OCC5(CN6CCC(OC7CC8(CCN(c9ccc%10c(c9)CN(C9CCC(=O)NC9=O)C%10=O)CC8)C7)CC6)CC5)nc4c3F)c12. The lowest BCUT2D eigenvalue weighted by molar-refractivity contribution is -0.137. The number of amides is 4. The lowest BCUT2D eigenvalue weighted by Gasteiger charge is -2.53. The molecule has 7 fully saturated rings. The highest BCUT2D eigenvalue weighted by Crippen LogP contribution is 2.52. The number of rotatable bonds is 15. The minimum absolute atomic E-state index is 0.0367. The second-order valence-corrected chi connectivity index (χ2v) is 25.7. The van der Waals surface area contributed by atoms with Gasteiger partial charge in [0.2, 0.25) is 11.8 Å². The van der Waals surface area contributed by atoms with Crippen molar-refractivity contribution in [1.29, 1.82) is 0 Å². The van der Waals surface area contributed by atoms with E-state index in [0.29, 0.717) is 66.2 Å². The number of nitrogens with one attached hydrogen (secondary N) is 1. The van der Waals surface area contributed by atoms with Crippen LogP contribution in [-0.2, 0) is 36.8 Å². The highest BCUT2D eigenvalue weighted by molar-refractivity contribution is 6.06. The number of nitrogens with zero attached hydrogens (tertiary/aromatic N) is 8. The van der Waals surface area contributed by atoms with E-state index in [0.717, 1.165) is 131 Å². The van der Waals surface area contributed by atoms with Gasteiger partial charge >= 0.3 is 12.1 Å². The van der Waals surface area contributed by atoms with Gasteiger partial charge in [-0.25, -0.2) is 9.18 Å². The maximum absolute atomic E-state index is 17.7. The number of aromatic nitrogens is 3. The summed E-state index contributed by atoms with van der Waals surface area (Å²) in [5.74, 6) is -0.297. The predicted molar refractivity (Wildman–Crippen MR) is 306 cm³/mol. The molecule has 2 saturated carbocycles. The number of likely N-dealkylation sites (tertiary alicyclic amines) is 1. The van der Waals surface area contributed by atoms with Gasteiger partial charge in [-0.05, 0) is 155 Å². The number of anilines is 2. The Labute approximate surface area is 478 Å². The fraction of sp³-hybridized carbons (Fsp3) is 0.571. The molecule has 3 atom stereocenters. The molecule has 5 saturated heterocycles. The van der Waals surface area contributed by atoms with Gasteiger partial charge in [0.15, 0.2) is 12.6 Å². The fourth-order valence-electron chi connectivity index (χ4n) is 14.5. The van der Waals surface area contributed by atoms with Crippen molar-refractivity contribution >= 4 is 57.0 Å². The van der Waals surface area contributed by atoms with E-state index in [1.165, 1.54) is 0 Å². The number of methoxy groups -OCH3 is 1. The molecule has 82 heavy (non-hydrogen) atoms. The molecule has 19 heteroatoms. The van der Waals surface area contributed by atoms with Crippen molar-refractivity contribution in [3.8, 4) is 23.0 Å². The van der Waals surface area contributed by atoms with E-state index in [4.69, 9.17) is 38.6 Å². The molecule has 2 aliphatic carbocycles. The van der Waals surface area contributed by atoms with Gasteiger partial charge in [0.05, 0.1) is 36.3 Å². The topological polar surface area (TPSA) is 181 Å². The van der Waals surface area contributed by atoms with Gasteiger partial charge in [0, 0.05) is 94.3 Å². The second-order valence-electron chi connectivity index (χ2n) is 25.7. The number of pyridine rings is 1. The highest BCUT2D eigenvalue weighted by atomic mass is 19.1. The van der Waals surface area contributed by atoms with Crippen LogP contribution in [0.5, 0.6) is 11.8 Å². The zero-order chi connectivity index (χ0) is 56.7. The number of halogens is 1. The molecule has 1 spiro atoms. The molecule has 2 aromatic heterocycles. The van der Waals surface area contributed by atoms with Gasteiger partial charge in [0.25, 0.3) is 5.91 Å². The standard InChI is InChI=1S/C63H76FN9O9/c1-6-38-8-7-9-39-27-45(80-37-78-5)28-48(52(38)39)54-53(64)55-49(31-65-54)56(71-33-42-10-11-43(34-71)73(42)60(77)82-61(2,3)4)68-59(67-55)79-36-63(18-19-63)35-69-22-16-44(17-23-69)81-46-29-62(30-46)20-24-70(25-21-62)41-12-13-47-40(26-41)32-72(58(47)76)50-14-15-51(74)66-57(50)75/h7-9,12-13,26-28,31,42-44,46,50H,6,10-11,14-25,29-30,32-37H2,1-5H3,(H,66,74,75). The molecule has 434 valence electrons. The van der Waals surface area contributed by atoms with Gasteiger partial charge < -0.3 is 43.3 Å². The minimum Gasteiger partial charge on any atom is -0.468 e. The number of ether oxygens (including phenoxy) is 5. The van der Waals surface area contributed by atoms with Crippen molar-refractivity contribution in [3.05, 3.63) is 77.2 Å². The zero-order valence-electron chi connectivity index (χ0n) is 48.0. The lowest BCUT2D eigenvalue weighted by Crippen LogP contribution is -2.57. The Morgan fingerprint density at radius 1 is 0.854 bits per heavy atom. The quantitative estimate of drug-likeness (QED) is 0.0774. The largest absolute Gasteiger partial charge is 0.468 e. The lowest BCUT2D eigenvalue weighted by atomic mass is 9.61. The Hall–Kier alpha value is -6.70. The van der Waals surface area contributed by atoms with E-state index < -0.39 is 17.5 Å². The third-order valence-corrected chi connectivity index (χ3v) is 19.0. The predicted octanol–water partition coefficient (Wildman–Crippen LogP) is 8.97. The molecule has 13 rings (SSSR count). The zero-order valence-corrected chi connectivity index (χ0v) is 48.0. The minimum atomic E-state index is -0.623. The van der Waals surface area contributed by atoms with Crippen molar-refractivity contribution in [2.75, 3.05) is 76.1 Å². The molecule has 4 amide bonds. The number of hydrogen-bond donors (Lipinski definition) is 1. The van der Waals surface area contributed by atoms with Crippen molar-refractivity contribution in [2.45, 2.75) is 154 Å². The molecule has 18 nitrogen and oxygen atoms in total. The summed E-state index contributed by atoms with van der Waals surface area (Å²) in [5, 5.41) is 4.68. The Bertz CT molecular complexity index is 3310. The second kappa shape index (κ2) is 21.5. The number of carbonyl (C=O) groups excluding carboxylic acids is 4. The number of piperazine rings is 1. The summed E-state index contributed by atoms with van der Waals surface area (Å²) in [5.41, 5.74) is 4.28. The van der Waals surface area contributed by atoms with Crippen LogP contribution in [0.4, 0.5) is 20.7 Å². The van der Waals surface area contributed by atoms with E-state index in [1.54, 1.807) is 18.2 Å². The maximum Gasteiger partial charge on any atom is 0.410 e. The van der Waals surface area contributed by atoms with Crippen LogP contribution >= 0.6 is 0 Å². The molecule has 2 bridgehead atoms. The molecule has 1 N–H and O–H groups in total. The summed E-state index contributed by atoms with van der Waals surface area (Å²) >= 11 is 0. The smallest absolute Gasteiger partial charge is 0.410 e. The Balaban J connectivity index is 0.651. The highest BCUT2D eigenvalue weighted by Gasteiger charge is 2.50. The number of carbonyl (C=O) groups is 4. The van der Waals surface area contributed by atoms with Gasteiger partial charge in [-0.1, -0.05) is 25.1 Å². The van der Waals surface area contributed by atoms with Crippen LogP contribution in [0.1, 0.15) is 126 Å². The van der Waals surface area contributed by atoms with Crippen molar-refractivity contribution in [1.82, 2.24) is 35.0 Å². The van der Waals surface area contributed by atoms with E-state index in [9.17, 15) is 19.2 Å². The Morgan fingerprint density at radius 2 is 1.62 bits per heavy atom. The van der Waals surface area contributed by atoms with E-state index in [1.807, 2.05) is 62.1 Å². The number of aryl methyl sites for hydroxylation is 1. The first kappa shape index (κ1) is 54.5. The van der Waals surface area contributed by atoms with Crippen LogP contribution in [0.15, 0.2) is 54.7 Å². The van der Waals surface area contributed by atoms with Crippen LogP contribution in [0.3, 0.4) is 0 Å². The number of fused-ring (bicyclic) bond motifs is 5. The van der Waals surface area contributed by atoms with Gasteiger partial charge in [-0.3, -0.25) is 29.6 Å². The van der Waals surface area contributed by atoms with Crippen LogP contribution in [0.25, 0.3) is 32.9 Å². The van der Waals surface area contributed by atoms with Gasteiger partial charge in [-0.15, -0.1) is 0 Å². The van der Waals surface area contributed by atoms with Crippen molar-refractivity contribution in [2.24, 2.45) is 10.8 Å². The summed E-state index contributed by atoms with van der Waals surface area (Å²) in [6.07, 6.45) is 13.3. The monoisotopic (exact) mass is 1120 g/mol. The first-order valence-corrected chi connectivity index (χ1v) is 29.9. The van der Waals surface area contributed by atoms with Crippen LogP contribution in [-0.4, -0.2) is 156 Å². The molecule has 5 aromatic rings. The van der Waals surface area contributed by atoms with E-state index >= 15 is 4.39 Å². The van der Waals surface area contributed by atoms with Crippen LogP contribution in [0.2, 0.25) is 0 Å². The number of hydrogen-bond acceptors (Lipinski definition) is 15. The Morgan fingerprint density at radius 3 is 2.33 bits per heavy atom. The summed E-state index contributed by atoms with van der Waals surface area (Å²) in [7, 11) is 1.57. The molecule has 3 aromatic carbocycles. The van der Waals surface area contributed by atoms with E-state index in [-0.39, 0.29) is 84.0 Å². The maximum atomic E-state index is 17.7. The Kier molecular flexibility index (Phi) is 14.3. The first-order valence-electron chi connectivity index (χ1n) is 29.9. The average molecular weight is 1120 g/mol. The summed E-state index contributed by atoms with van der Waals surface area (Å²) in [6.45, 7) is 14.3. The summed E-state index contributed by atoms with van der Waals surface area (Å²) in [6, 6.07) is 15.2. The summed E-state index contributed by atoms with van der Waals surface area (Å²) < 4.78 is 48.2. The first-order chi connectivity index (χ1) is 39.5. The molecule has 3 unspecified atom stereocenters.